The molecule has 3 nitrogen and oxygen atoms in total. The largest absolute Gasteiger partial charge is 0.454 e. The highest BCUT2D eigenvalue weighted by Crippen LogP contribution is 2.32. The molecule has 1 heterocycles. The van der Waals surface area contributed by atoms with E-state index in [4.69, 9.17) is 10.5 Å². The zero-order valence-corrected chi connectivity index (χ0v) is 12.6. The number of hydrogen-bond donors (Lipinski definition) is 1. The average molecular weight is 347 g/mol. The van der Waals surface area contributed by atoms with Crippen LogP contribution >= 0.6 is 15.9 Å². The molecule has 0 saturated heterocycles. The van der Waals surface area contributed by atoms with E-state index in [9.17, 15) is 4.39 Å². The smallest absolute Gasteiger partial charge is 0.180 e. The fraction of sp³-hybridized carbons (Fsp3) is 0.0625. The first-order valence-electron chi connectivity index (χ1n) is 6.38. The fourth-order valence-corrected chi connectivity index (χ4v) is 2.53. The Morgan fingerprint density at radius 3 is 2.86 bits per heavy atom. The van der Waals surface area contributed by atoms with Gasteiger partial charge in [0.2, 0.25) is 0 Å². The molecule has 0 bridgehead atoms. The number of aromatic nitrogens is 1. The number of benzene rings is 2. The molecular formula is C16H12BrFN2O. The van der Waals surface area contributed by atoms with Crippen LogP contribution in [-0.4, -0.2) is 4.98 Å². The lowest BCUT2D eigenvalue weighted by Crippen LogP contribution is -2.00. The van der Waals surface area contributed by atoms with E-state index in [1.54, 1.807) is 30.5 Å². The van der Waals surface area contributed by atoms with Crippen molar-refractivity contribution in [2.45, 2.75) is 6.54 Å². The number of hydrogen-bond acceptors (Lipinski definition) is 3. The highest BCUT2D eigenvalue weighted by molar-refractivity contribution is 9.10. The Hall–Kier alpha value is -1.98. The summed E-state index contributed by atoms with van der Waals surface area (Å²) in [5.41, 5.74) is 7.03. The van der Waals surface area contributed by atoms with E-state index >= 15 is 0 Å². The van der Waals surface area contributed by atoms with Crippen molar-refractivity contribution in [3.8, 4) is 11.5 Å². The second-order valence-corrected chi connectivity index (χ2v) is 5.31. The highest BCUT2D eigenvalue weighted by atomic mass is 79.9. The summed E-state index contributed by atoms with van der Waals surface area (Å²) in [6, 6.07) is 12.6. The minimum Gasteiger partial charge on any atom is -0.454 e. The molecule has 0 spiro atoms. The van der Waals surface area contributed by atoms with E-state index in [0.717, 1.165) is 10.9 Å². The van der Waals surface area contributed by atoms with E-state index < -0.39 is 5.82 Å². The van der Waals surface area contributed by atoms with Gasteiger partial charge in [0.1, 0.15) is 5.75 Å². The first kappa shape index (κ1) is 14.0. The SMILES string of the molecule is NCc1ccc(Oc2ccc3cccnc3c2)c(F)c1Br. The summed E-state index contributed by atoms with van der Waals surface area (Å²) in [7, 11) is 0. The van der Waals surface area contributed by atoms with Gasteiger partial charge in [-0.05, 0) is 45.8 Å². The van der Waals surface area contributed by atoms with Crippen molar-refractivity contribution in [2.24, 2.45) is 5.73 Å². The molecule has 0 aliphatic carbocycles. The molecule has 1 aromatic heterocycles. The summed E-state index contributed by atoms with van der Waals surface area (Å²) >= 11 is 3.20. The predicted molar refractivity (Wildman–Crippen MR) is 83.8 cm³/mol. The van der Waals surface area contributed by atoms with Gasteiger partial charge in [-0.1, -0.05) is 12.1 Å². The molecule has 0 unspecified atom stereocenters. The van der Waals surface area contributed by atoms with E-state index in [0.29, 0.717) is 15.8 Å². The van der Waals surface area contributed by atoms with Crippen molar-refractivity contribution in [3.63, 3.8) is 0 Å². The van der Waals surface area contributed by atoms with Crippen LogP contribution in [-0.2, 0) is 6.54 Å². The quantitative estimate of drug-likeness (QED) is 0.765. The molecule has 0 radical (unpaired) electrons. The zero-order valence-electron chi connectivity index (χ0n) is 11.0. The maximum atomic E-state index is 14.2. The molecule has 0 saturated carbocycles. The first-order valence-corrected chi connectivity index (χ1v) is 7.18. The molecule has 0 aliphatic heterocycles. The van der Waals surface area contributed by atoms with Gasteiger partial charge in [0, 0.05) is 24.2 Å². The van der Waals surface area contributed by atoms with E-state index in [-0.39, 0.29) is 12.3 Å². The number of halogens is 2. The van der Waals surface area contributed by atoms with Crippen molar-refractivity contribution < 1.29 is 9.13 Å². The van der Waals surface area contributed by atoms with Gasteiger partial charge in [0.15, 0.2) is 11.6 Å². The summed E-state index contributed by atoms with van der Waals surface area (Å²) < 4.78 is 20.2. The van der Waals surface area contributed by atoms with Gasteiger partial charge in [-0.25, -0.2) is 4.39 Å². The molecule has 0 atom stereocenters. The summed E-state index contributed by atoms with van der Waals surface area (Å²) in [5, 5.41) is 1.00. The summed E-state index contributed by atoms with van der Waals surface area (Å²) in [4.78, 5) is 4.25. The maximum absolute atomic E-state index is 14.2. The maximum Gasteiger partial charge on any atom is 0.180 e. The molecular weight excluding hydrogens is 335 g/mol. The summed E-state index contributed by atoms with van der Waals surface area (Å²) in [6.45, 7) is 0.262. The number of nitrogens with two attached hydrogens (primary N) is 1. The zero-order chi connectivity index (χ0) is 14.8. The molecule has 0 fully saturated rings. The van der Waals surface area contributed by atoms with Gasteiger partial charge in [-0.2, -0.15) is 0 Å². The van der Waals surface area contributed by atoms with E-state index in [1.165, 1.54) is 0 Å². The Kier molecular flexibility index (Phi) is 3.86. The Balaban J connectivity index is 1.96. The predicted octanol–water partition coefficient (Wildman–Crippen LogP) is 4.39. The van der Waals surface area contributed by atoms with Crippen LogP contribution in [0, 0.1) is 5.82 Å². The van der Waals surface area contributed by atoms with Crippen LogP contribution < -0.4 is 10.5 Å². The van der Waals surface area contributed by atoms with Gasteiger partial charge in [-0.3, -0.25) is 4.98 Å². The van der Waals surface area contributed by atoms with E-state index in [2.05, 4.69) is 20.9 Å². The lowest BCUT2D eigenvalue weighted by molar-refractivity contribution is 0.440. The van der Waals surface area contributed by atoms with Gasteiger partial charge in [0.05, 0.1) is 9.99 Å². The van der Waals surface area contributed by atoms with Gasteiger partial charge < -0.3 is 10.5 Å². The van der Waals surface area contributed by atoms with Crippen LogP contribution in [0.15, 0.2) is 53.1 Å². The molecule has 2 N–H and O–H groups in total. The third kappa shape index (κ3) is 2.75. The summed E-state index contributed by atoms with van der Waals surface area (Å²) in [6.07, 6.45) is 1.71. The topological polar surface area (TPSA) is 48.1 Å². The van der Waals surface area contributed by atoms with Gasteiger partial charge >= 0.3 is 0 Å². The molecule has 3 aromatic rings. The monoisotopic (exact) mass is 346 g/mol. The fourth-order valence-electron chi connectivity index (χ4n) is 2.04. The lowest BCUT2D eigenvalue weighted by Gasteiger charge is -2.10. The Labute approximate surface area is 129 Å². The normalized spacial score (nSPS) is 10.8. The van der Waals surface area contributed by atoms with Crippen LogP contribution in [0.25, 0.3) is 10.9 Å². The van der Waals surface area contributed by atoms with Crippen molar-refractivity contribution >= 4 is 26.8 Å². The van der Waals surface area contributed by atoms with Crippen molar-refractivity contribution in [1.29, 1.82) is 0 Å². The molecule has 0 amide bonds. The van der Waals surface area contributed by atoms with Crippen LogP contribution in [0.4, 0.5) is 4.39 Å². The van der Waals surface area contributed by atoms with Crippen LogP contribution in [0.3, 0.4) is 0 Å². The van der Waals surface area contributed by atoms with Crippen LogP contribution in [0.1, 0.15) is 5.56 Å². The number of ether oxygens (including phenoxy) is 1. The molecule has 3 rings (SSSR count). The average Bonchev–Trinajstić information content (AvgIpc) is 2.52. The Morgan fingerprint density at radius 1 is 1.19 bits per heavy atom. The molecule has 2 aromatic carbocycles. The highest BCUT2D eigenvalue weighted by Gasteiger charge is 2.12. The minimum absolute atomic E-state index is 0.148. The van der Waals surface area contributed by atoms with Gasteiger partial charge in [-0.15, -0.1) is 0 Å². The third-order valence-corrected chi connectivity index (χ3v) is 4.01. The van der Waals surface area contributed by atoms with Crippen molar-refractivity contribution in [1.82, 2.24) is 4.98 Å². The minimum atomic E-state index is -0.459. The van der Waals surface area contributed by atoms with Crippen LogP contribution in [0.2, 0.25) is 0 Å². The van der Waals surface area contributed by atoms with Gasteiger partial charge in [0.25, 0.3) is 0 Å². The number of pyridine rings is 1. The molecule has 21 heavy (non-hydrogen) atoms. The third-order valence-electron chi connectivity index (χ3n) is 3.15. The second-order valence-electron chi connectivity index (χ2n) is 4.51. The molecule has 106 valence electrons. The standard InChI is InChI=1S/C16H12BrFN2O/c17-15-11(9-19)4-6-14(16(15)18)21-12-5-3-10-2-1-7-20-13(10)8-12/h1-8H,9,19H2. The molecule has 5 heteroatoms. The van der Waals surface area contributed by atoms with Crippen molar-refractivity contribution in [2.75, 3.05) is 0 Å². The Morgan fingerprint density at radius 2 is 2.05 bits per heavy atom. The first-order chi connectivity index (χ1) is 10.2. The summed E-state index contributed by atoms with van der Waals surface area (Å²) in [5.74, 6) is 0.223. The molecule has 0 aliphatic rings. The number of fused-ring (bicyclic) bond motifs is 1. The number of rotatable bonds is 3. The lowest BCUT2D eigenvalue weighted by atomic mass is 10.2. The van der Waals surface area contributed by atoms with E-state index in [1.807, 2.05) is 18.2 Å². The second kappa shape index (κ2) is 5.79. The van der Waals surface area contributed by atoms with Crippen LogP contribution in [0.5, 0.6) is 11.5 Å². The Bertz CT molecular complexity index is 807. The van der Waals surface area contributed by atoms with Crippen molar-refractivity contribution in [3.05, 3.63) is 64.5 Å². The number of nitrogens with zero attached hydrogens (tertiary/aromatic N) is 1.